The molecule has 0 amide bonds. The van der Waals surface area contributed by atoms with Crippen LogP contribution in [0.2, 0.25) is 0 Å². The van der Waals surface area contributed by atoms with Crippen LogP contribution in [0.25, 0.3) is 0 Å². The molecule has 138 valence electrons. The number of carbonyl (C=O) groups excluding carboxylic acids is 1. The first-order valence-electron chi connectivity index (χ1n) is 8.17. The van der Waals surface area contributed by atoms with Crippen molar-refractivity contribution in [2.24, 2.45) is 0 Å². The van der Waals surface area contributed by atoms with Gasteiger partial charge in [-0.05, 0) is 64.1 Å². The molecule has 0 spiro atoms. The quantitative estimate of drug-likeness (QED) is 0.756. The fourth-order valence-corrected chi connectivity index (χ4v) is 2.08. The van der Waals surface area contributed by atoms with Crippen LogP contribution in [0.1, 0.15) is 48.5 Å². The van der Waals surface area contributed by atoms with E-state index in [1.807, 2.05) is 20.8 Å². The molecule has 0 aliphatic carbocycles. The van der Waals surface area contributed by atoms with Gasteiger partial charge in [-0.1, -0.05) is 0 Å². The summed E-state index contributed by atoms with van der Waals surface area (Å²) in [5.41, 5.74) is 1.01. The number of pyridine rings is 1. The van der Waals surface area contributed by atoms with Crippen molar-refractivity contribution in [3.63, 3.8) is 0 Å². The zero-order valence-electron chi connectivity index (χ0n) is 15.2. The van der Waals surface area contributed by atoms with Gasteiger partial charge in [-0.2, -0.15) is 0 Å². The van der Waals surface area contributed by atoms with Crippen LogP contribution in [-0.4, -0.2) is 34.2 Å². The monoisotopic (exact) mass is 358 g/mol. The number of esters is 1. The highest BCUT2D eigenvalue weighted by atomic mass is 16.6. The lowest BCUT2D eigenvalue weighted by Gasteiger charge is -2.19. The molecule has 0 atom stereocenters. The van der Waals surface area contributed by atoms with Gasteiger partial charge in [0.15, 0.2) is 5.69 Å². The molecule has 0 fully saturated rings. The standard InChI is InChI=1S/C19H22N2O5/c1-5-25-16-14(10-11-15(21-16)17(22)23)20-13-8-6-12(7-9-13)18(24)26-19(2,3)4/h6-11,20H,5H2,1-4H3,(H,22,23). The van der Waals surface area contributed by atoms with E-state index in [1.54, 1.807) is 37.3 Å². The number of rotatable bonds is 6. The molecule has 1 heterocycles. The maximum absolute atomic E-state index is 12.0. The Bertz CT molecular complexity index is 795. The third kappa shape index (κ3) is 5.20. The summed E-state index contributed by atoms with van der Waals surface area (Å²) in [5, 5.41) is 12.1. The van der Waals surface area contributed by atoms with Crippen LogP contribution in [0.3, 0.4) is 0 Å². The first kappa shape index (κ1) is 19.2. The molecular formula is C19H22N2O5. The van der Waals surface area contributed by atoms with Gasteiger partial charge >= 0.3 is 11.9 Å². The van der Waals surface area contributed by atoms with Gasteiger partial charge in [0.1, 0.15) is 11.3 Å². The van der Waals surface area contributed by atoms with Crippen LogP contribution >= 0.6 is 0 Å². The number of hydrogen-bond acceptors (Lipinski definition) is 6. The van der Waals surface area contributed by atoms with E-state index in [-0.39, 0.29) is 11.6 Å². The summed E-state index contributed by atoms with van der Waals surface area (Å²) >= 11 is 0. The molecule has 7 nitrogen and oxygen atoms in total. The lowest BCUT2D eigenvalue weighted by Crippen LogP contribution is -2.23. The van der Waals surface area contributed by atoms with Gasteiger partial charge in [-0.25, -0.2) is 14.6 Å². The number of benzene rings is 1. The summed E-state index contributed by atoms with van der Waals surface area (Å²) in [5.74, 6) is -1.32. The zero-order valence-corrected chi connectivity index (χ0v) is 15.2. The highest BCUT2D eigenvalue weighted by Crippen LogP contribution is 2.26. The second kappa shape index (κ2) is 7.86. The Morgan fingerprint density at radius 1 is 1.12 bits per heavy atom. The molecule has 0 bridgehead atoms. The van der Waals surface area contributed by atoms with Crippen molar-refractivity contribution in [1.82, 2.24) is 4.98 Å². The van der Waals surface area contributed by atoms with Crippen molar-refractivity contribution in [3.8, 4) is 5.88 Å². The Balaban J connectivity index is 2.18. The minimum Gasteiger partial charge on any atom is -0.477 e. The predicted octanol–water partition coefficient (Wildman–Crippen LogP) is 3.88. The van der Waals surface area contributed by atoms with E-state index in [1.165, 1.54) is 6.07 Å². The molecule has 2 N–H and O–H groups in total. The van der Waals surface area contributed by atoms with Gasteiger partial charge in [0.2, 0.25) is 5.88 Å². The molecule has 7 heteroatoms. The Kier molecular flexibility index (Phi) is 5.82. The number of ether oxygens (including phenoxy) is 2. The molecule has 26 heavy (non-hydrogen) atoms. The number of nitrogens with zero attached hydrogens (tertiary/aromatic N) is 1. The molecule has 0 saturated heterocycles. The van der Waals surface area contributed by atoms with Gasteiger partial charge in [0, 0.05) is 5.69 Å². The molecule has 1 aromatic carbocycles. The second-order valence-corrected chi connectivity index (χ2v) is 6.49. The van der Waals surface area contributed by atoms with Crippen LogP contribution in [0, 0.1) is 0 Å². The highest BCUT2D eigenvalue weighted by Gasteiger charge is 2.18. The normalized spacial score (nSPS) is 10.9. The van der Waals surface area contributed by atoms with E-state index in [9.17, 15) is 9.59 Å². The number of carboxylic acids is 1. The second-order valence-electron chi connectivity index (χ2n) is 6.49. The van der Waals surface area contributed by atoms with Crippen molar-refractivity contribution < 1.29 is 24.2 Å². The highest BCUT2D eigenvalue weighted by molar-refractivity contribution is 5.90. The SMILES string of the molecule is CCOc1nc(C(=O)O)ccc1Nc1ccc(C(=O)OC(C)(C)C)cc1. The van der Waals surface area contributed by atoms with Crippen molar-refractivity contribution in [2.75, 3.05) is 11.9 Å². The van der Waals surface area contributed by atoms with Crippen molar-refractivity contribution in [2.45, 2.75) is 33.3 Å². The summed E-state index contributed by atoms with van der Waals surface area (Å²) < 4.78 is 10.7. The third-order valence-corrected chi connectivity index (χ3v) is 3.16. The summed E-state index contributed by atoms with van der Waals surface area (Å²) in [6.07, 6.45) is 0. The molecule has 0 aliphatic heterocycles. The third-order valence-electron chi connectivity index (χ3n) is 3.16. The first-order chi connectivity index (χ1) is 12.2. The average molecular weight is 358 g/mol. The fourth-order valence-electron chi connectivity index (χ4n) is 2.08. The largest absolute Gasteiger partial charge is 0.477 e. The predicted molar refractivity (Wildman–Crippen MR) is 97.3 cm³/mol. The van der Waals surface area contributed by atoms with Gasteiger partial charge in [-0.3, -0.25) is 0 Å². The van der Waals surface area contributed by atoms with E-state index in [2.05, 4.69) is 10.3 Å². The van der Waals surface area contributed by atoms with Crippen molar-refractivity contribution >= 4 is 23.3 Å². The average Bonchev–Trinajstić information content (AvgIpc) is 2.55. The zero-order chi connectivity index (χ0) is 19.3. The van der Waals surface area contributed by atoms with Crippen LogP contribution in [0.4, 0.5) is 11.4 Å². The summed E-state index contributed by atoms with van der Waals surface area (Å²) in [6, 6.07) is 9.72. The van der Waals surface area contributed by atoms with Crippen LogP contribution < -0.4 is 10.1 Å². The number of carboxylic acid groups (broad SMARTS) is 1. The van der Waals surface area contributed by atoms with E-state index in [4.69, 9.17) is 14.6 Å². The number of aromatic nitrogens is 1. The van der Waals surface area contributed by atoms with E-state index < -0.39 is 17.5 Å². The van der Waals surface area contributed by atoms with Gasteiger partial charge < -0.3 is 19.9 Å². The summed E-state index contributed by atoms with van der Waals surface area (Å²) in [7, 11) is 0. The Morgan fingerprint density at radius 3 is 2.31 bits per heavy atom. The molecule has 2 rings (SSSR count). The number of nitrogens with one attached hydrogen (secondary N) is 1. The van der Waals surface area contributed by atoms with Crippen LogP contribution in [-0.2, 0) is 4.74 Å². The fraction of sp³-hybridized carbons (Fsp3) is 0.316. The molecule has 0 saturated carbocycles. The lowest BCUT2D eigenvalue weighted by molar-refractivity contribution is 0.00693. The topological polar surface area (TPSA) is 97.8 Å². The molecule has 0 radical (unpaired) electrons. The Hall–Kier alpha value is -3.09. The van der Waals surface area contributed by atoms with E-state index >= 15 is 0 Å². The van der Waals surface area contributed by atoms with Crippen LogP contribution in [0.5, 0.6) is 5.88 Å². The maximum Gasteiger partial charge on any atom is 0.354 e. The van der Waals surface area contributed by atoms with E-state index in [0.29, 0.717) is 23.5 Å². The van der Waals surface area contributed by atoms with Gasteiger partial charge in [-0.15, -0.1) is 0 Å². The summed E-state index contributed by atoms with van der Waals surface area (Å²) in [4.78, 5) is 27.1. The molecular weight excluding hydrogens is 336 g/mol. The number of carbonyl (C=O) groups is 2. The van der Waals surface area contributed by atoms with Gasteiger partial charge in [0.05, 0.1) is 12.2 Å². The molecule has 1 aromatic heterocycles. The van der Waals surface area contributed by atoms with E-state index in [0.717, 1.165) is 0 Å². The number of anilines is 2. The lowest BCUT2D eigenvalue weighted by atomic mass is 10.1. The maximum atomic E-state index is 12.0. The van der Waals surface area contributed by atoms with Crippen LogP contribution in [0.15, 0.2) is 36.4 Å². The Morgan fingerprint density at radius 2 is 1.77 bits per heavy atom. The minimum atomic E-state index is -1.13. The first-order valence-corrected chi connectivity index (χ1v) is 8.17. The van der Waals surface area contributed by atoms with Crippen molar-refractivity contribution in [3.05, 3.63) is 47.7 Å². The van der Waals surface area contributed by atoms with Crippen molar-refractivity contribution in [1.29, 1.82) is 0 Å². The Labute approximate surface area is 152 Å². The molecule has 0 aliphatic rings. The number of hydrogen-bond donors (Lipinski definition) is 2. The smallest absolute Gasteiger partial charge is 0.354 e. The summed E-state index contributed by atoms with van der Waals surface area (Å²) in [6.45, 7) is 7.56. The minimum absolute atomic E-state index is 0.0979. The van der Waals surface area contributed by atoms with Gasteiger partial charge in [0.25, 0.3) is 0 Å². The molecule has 0 unspecified atom stereocenters. The number of aromatic carboxylic acids is 1. The molecule has 2 aromatic rings.